The molecule has 1 aliphatic rings. The van der Waals surface area contributed by atoms with Gasteiger partial charge >= 0.3 is 6.61 Å². The molecule has 8 nitrogen and oxygen atoms in total. The van der Waals surface area contributed by atoms with Crippen molar-refractivity contribution in [3.63, 3.8) is 0 Å². The number of fused-ring (bicyclic) bond motifs is 1. The Morgan fingerprint density at radius 2 is 1.97 bits per heavy atom. The Labute approximate surface area is 183 Å². The lowest BCUT2D eigenvalue weighted by Gasteiger charge is -2.38. The summed E-state index contributed by atoms with van der Waals surface area (Å²) in [5.74, 6) is -0.689. The molecule has 11 heteroatoms. The fourth-order valence-corrected chi connectivity index (χ4v) is 5.92. The largest absolute Gasteiger partial charge is 0.435 e. The normalized spacial score (nSPS) is 16.8. The van der Waals surface area contributed by atoms with E-state index in [9.17, 15) is 22.0 Å². The van der Waals surface area contributed by atoms with E-state index in [1.54, 1.807) is 29.8 Å². The van der Waals surface area contributed by atoms with Crippen LogP contribution in [0.2, 0.25) is 0 Å². The first kappa shape index (κ1) is 22.1. The summed E-state index contributed by atoms with van der Waals surface area (Å²) in [5, 5.41) is 8.06. The molecule has 0 aliphatic carbocycles. The maximum Gasteiger partial charge on any atom is 0.387 e. The van der Waals surface area contributed by atoms with Crippen LogP contribution in [-0.2, 0) is 9.84 Å². The molecule has 0 atom stereocenters. The highest BCUT2D eigenvalue weighted by Crippen LogP contribution is 2.29. The summed E-state index contributed by atoms with van der Waals surface area (Å²) in [6.07, 6.45) is 1.49. The summed E-state index contributed by atoms with van der Waals surface area (Å²) in [6.45, 7) is 2.63. The van der Waals surface area contributed by atoms with Crippen molar-refractivity contribution in [3.8, 4) is 11.4 Å². The van der Waals surface area contributed by atoms with Crippen molar-refractivity contribution < 1.29 is 26.7 Å². The molecule has 2 aromatic heterocycles. The number of alkyl halides is 2. The number of ether oxygens (including phenoxy) is 1. The molecule has 4 rings (SSSR count). The summed E-state index contributed by atoms with van der Waals surface area (Å²) in [5.41, 5.74) is 1.12. The van der Waals surface area contributed by atoms with Crippen molar-refractivity contribution in [1.29, 1.82) is 0 Å². The van der Waals surface area contributed by atoms with E-state index in [0.29, 0.717) is 22.3 Å². The predicted octanol–water partition coefficient (Wildman–Crippen LogP) is 3.06. The van der Waals surface area contributed by atoms with Gasteiger partial charge in [-0.05, 0) is 31.0 Å². The summed E-state index contributed by atoms with van der Waals surface area (Å²) >= 11 is 0. The van der Waals surface area contributed by atoms with Gasteiger partial charge in [-0.3, -0.25) is 4.79 Å². The molecule has 1 amide bonds. The van der Waals surface area contributed by atoms with Crippen LogP contribution in [0.15, 0.2) is 36.5 Å². The molecular weight excluding hydrogens is 442 g/mol. The molecule has 32 heavy (non-hydrogen) atoms. The Kier molecular flexibility index (Phi) is 5.40. The van der Waals surface area contributed by atoms with E-state index in [1.807, 2.05) is 13.8 Å². The van der Waals surface area contributed by atoms with E-state index in [-0.39, 0.29) is 28.9 Å². The third-order valence-corrected chi connectivity index (χ3v) is 7.31. The van der Waals surface area contributed by atoms with E-state index >= 15 is 0 Å². The Balaban J connectivity index is 1.71. The highest BCUT2D eigenvalue weighted by atomic mass is 32.2. The fourth-order valence-electron chi connectivity index (χ4n) is 3.92. The molecule has 1 aliphatic heterocycles. The average Bonchev–Trinajstić information content (AvgIpc) is 3.05. The zero-order valence-corrected chi connectivity index (χ0v) is 18.5. The van der Waals surface area contributed by atoms with E-state index in [2.05, 4.69) is 20.1 Å². The molecule has 0 saturated carbocycles. The Hall–Kier alpha value is -3.08. The number of hydrogen-bond donors (Lipinski definition) is 1. The molecule has 0 unspecified atom stereocenters. The number of hydrogen-bond acceptors (Lipinski definition) is 6. The zero-order chi connectivity index (χ0) is 23.3. The third kappa shape index (κ3) is 4.29. The number of carbonyl (C=O) groups excluding carboxylic acids is 1. The number of sulfone groups is 1. The number of pyridine rings is 1. The maximum atomic E-state index is 12.7. The topological polar surface area (TPSA) is 103 Å². The van der Waals surface area contributed by atoms with Gasteiger partial charge in [-0.15, -0.1) is 0 Å². The van der Waals surface area contributed by atoms with E-state index in [0.717, 1.165) is 0 Å². The second-order valence-electron chi connectivity index (χ2n) is 8.46. The van der Waals surface area contributed by atoms with Crippen LogP contribution in [0.1, 0.15) is 42.9 Å². The number of nitrogens with zero attached hydrogens (tertiary/aromatic N) is 3. The lowest BCUT2D eigenvalue weighted by Crippen LogP contribution is -2.63. The van der Waals surface area contributed by atoms with Crippen molar-refractivity contribution in [2.45, 2.75) is 38.8 Å². The molecule has 1 aromatic carbocycles. The Bertz CT molecular complexity index is 1290. The standard InChI is InChI=1S/C21H22F2N4O4S/c1-12(2)18-15-8-16(19(28)25-21(3)10-32(29,30)11-21)24-9-17(15)27(26-18)13-5-4-6-14(7-13)31-20(22)23/h4-9,12,20H,10-11H2,1-3H3,(H,25,28). The van der Waals surface area contributed by atoms with Gasteiger partial charge < -0.3 is 10.1 Å². The second-order valence-corrected chi connectivity index (χ2v) is 10.5. The molecule has 170 valence electrons. The van der Waals surface area contributed by atoms with Crippen molar-refractivity contribution >= 4 is 26.6 Å². The zero-order valence-electron chi connectivity index (χ0n) is 17.7. The summed E-state index contributed by atoms with van der Waals surface area (Å²) in [6, 6.07) is 7.76. The molecule has 1 fully saturated rings. The van der Waals surface area contributed by atoms with Crippen LogP contribution in [0.3, 0.4) is 0 Å². The molecule has 0 spiro atoms. The fraction of sp³-hybridized carbons (Fsp3) is 0.381. The minimum Gasteiger partial charge on any atom is -0.435 e. The van der Waals surface area contributed by atoms with Gasteiger partial charge in [0.25, 0.3) is 5.91 Å². The van der Waals surface area contributed by atoms with Gasteiger partial charge in [-0.25, -0.2) is 18.1 Å². The van der Waals surface area contributed by atoms with Crippen molar-refractivity contribution in [2.75, 3.05) is 11.5 Å². The lowest BCUT2D eigenvalue weighted by molar-refractivity contribution is -0.0498. The smallest absolute Gasteiger partial charge is 0.387 e. The van der Waals surface area contributed by atoms with Crippen molar-refractivity contribution in [1.82, 2.24) is 20.1 Å². The quantitative estimate of drug-likeness (QED) is 0.602. The second kappa shape index (κ2) is 7.80. The number of benzene rings is 1. The molecule has 3 heterocycles. The number of rotatable bonds is 6. The van der Waals surface area contributed by atoms with Crippen LogP contribution in [0.25, 0.3) is 16.6 Å². The third-order valence-electron chi connectivity index (χ3n) is 5.15. The summed E-state index contributed by atoms with van der Waals surface area (Å²) < 4.78 is 54.3. The minimum atomic E-state index is -3.11. The molecule has 1 saturated heterocycles. The molecule has 1 N–H and O–H groups in total. The first-order valence-corrected chi connectivity index (χ1v) is 11.8. The Morgan fingerprint density at radius 3 is 2.59 bits per heavy atom. The van der Waals surface area contributed by atoms with Crippen LogP contribution < -0.4 is 10.1 Å². The number of carbonyl (C=O) groups is 1. The van der Waals surface area contributed by atoms with Gasteiger partial charge in [0.05, 0.1) is 40.1 Å². The van der Waals surface area contributed by atoms with Crippen molar-refractivity contribution in [2.24, 2.45) is 0 Å². The molecule has 3 aromatic rings. The van der Waals surface area contributed by atoms with E-state index in [4.69, 9.17) is 0 Å². The highest BCUT2D eigenvalue weighted by Gasteiger charge is 2.46. The predicted molar refractivity (Wildman–Crippen MR) is 114 cm³/mol. The van der Waals surface area contributed by atoms with Crippen LogP contribution in [0.5, 0.6) is 5.75 Å². The maximum absolute atomic E-state index is 12.7. The van der Waals surface area contributed by atoms with Crippen LogP contribution in [0.4, 0.5) is 8.78 Å². The van der Waals surface area contributed by atoms with Crippen molar-refractivity contribution in [3.05, 3.63) is 47.9 Å². The molecular formula is C21H22F2N4O4S. The van der Waals surface area contributed by atoms with Crippen LogP contribution in [0, 0.1) is 0 Å². The Morgan fingerprint density at radius 1 is 1.25 bits per heavy atom. The SMILES string of the molecule is CC(C)c1nn(-c2cccc(OC(F)F)c2)c2cnc(C(=O)NC3(C)CS(=O)(=O)C3)cc12. The first-order chi connectivity index (χ1) is 15.0. The van der Waals surface area contributed by atoms with Gasteiger partial charge in [-0.1, -0.05) is 19.9 Å². The number of halogens is 2. The van der Waals surface area contributed by atoms with E-state index in [1.165, 1.54) is 18.3 Å². The number of amides is 1. The average molecular weight is 464 g/mol. The highest BCUT2D eigenvalue weighted by molar-refractivity contribution is 7.93. The van der Waals surface area contributed by atoms with Crippen LogP contribution >= 0.6 is 0 Å². The van der Waals surface area contributed by atoms with Gasteiger partial charge in [-0.2, -0.15) is 13.9 Å². The van der Waals surface area contributed by atoms with Gasteiger partial charge in [0, 0.05) is 11.5 Å². The first-order valence-electron chi connectivity index (χ1n) is 9.93. The molecule has 0 bridgehead atoms. The summed E-state index contributed by atoms with van der Waals surface area (Å²) in [7, 11) is -3.11. The van der Waals surface area contributed by atoms with Gasteiger partial charge in [0.2, 0.25) is 0 Å². The minimum absolute atomic E-state index is 0.0000938. The lowest BCUT2D eigenvalue weighted by atomic mass is 10.1. The van der Waals surface area contributed by atoms with E-state index < -0.39 is 27.9 Å². The molecule has 0 radical (unpaired) electrons. The number of aromatic nitrogens is 3. The monoisotopic (exact) mass is 464 g/mol. The number of nitrogens with one attached hydrogen (secondary N) is 1. The summed E-state index contributed by atoms with van der Waals surface area (Å²) in [4.78, 5) is 17.0. The van der Waals surface area contributed by atoms with Gasteiger partial charge in [0.15, 0.2) is 9.84 Å². The van der Waals surface area contributed by atoms with Crippen LogP contribution in [-0.4, -0.2) is 52.7 Å². The van der Waals surface area contributed by atoms with Gasteiger partial charge in [0.1, 0.15) is 11.4 Å².